The van der Waals surface area contributed by atoms with Crippen LogP contribution in [0.15, 0.2) is 35.5 Å². The summed E-state index contributed by atoms with van der Waals surface area (Å²) in [4.78, 5) is 0. The summed E-state index contributed by atoms with van der Waals surface area (Å²) in [6.07, 6.45) is 3.40. The quantitative estimate of drug-likeness (QED) is 0.451. The van der Waals surface area contributed by atoms with E-state index in [2.05, 4.69) is 37.2 Å². The molecule has 66 valence electrons. The third kappa shape index (κ3) is 3.86. The molecule has 0 radical (unpaired) electrons. The van der Waals surface area contributed by atoms with E-state index in [4.69, 9.17) is 0 Å². The summed E-state index contributed by atoms with van der Waals surface area (Å²) in [5.74, 6) is 0.365. The number of nitrogens with zero attached hydrogens (tertiary/aromatic N) is 2. The number of hydrogen-bond donors (Lipinski definition) is 0. The van der Waals surface area contributed by atoms with Gasteiger partial charge >= 0.3 is 0 Å². The zero-order chi connectivity index (χ0) is 9.56. The Balaban J connectivity index is 4.50. The molecular weight excluding hydrogens is 148 g/mol. The first-order chi connectivity index (χ1) is 5.61. The van der Waals surface area contributed by atoms with E-state index in [1.807, 2.05) is 6.92 Å². The summed E-state index contributed by atoms with van der Waals surface area (Å²) in [5, 5.41) is 7.98. The lowest BCUT2D eigenvalue weighted by molar-refractivity contribution is 0.881. The fourth-order valence-electron chi connectivity index (χ4n) is 0.569. The first-order valence-corrected chi connectivity index (χ1v) is 3.98. The predicted octanol–water partition coefficient (Wildman–Crippen LogP) is 2.83. The van der Waals surface area contributed by atoms with Gasteiger partial charge in [-0.1, -0.05) is 27.0 Å². The second-order valence-electron chi connectivity index (χ2n) is 2.83. The molecule has 0 aliphatic heterocycles. The second-order valence-corrected chi connectivity index (χ2v) is 2.83. The monoisotopic (exact) mass is 164 g/mol. The zero-order valence-electron chi connectivity index (χ0n) is 8.04. The van der Waals surface area contributed by atoms with Gasteiger partial charge in [0.25, 0.3) is 0 Å². The SMILES string of the molecule is C=C/C(C)=N\N=C(/C=C)C(C)C. The van der Waals surface area contributed by atoms with Gasteiger partial charge in [0.15, 0.2) is 0 Å². The molecular formula is C10H16N2. The molecule has 0 aromatic heterocycles. The molecule has 0 saturated carbocycles. The molecule has 0 saturated heterocycles. The van der Waals surface area contributed by atoms with Crippen LogP contribution >= 0.6 is 0 Å². The van der Waals surface area contributed by atoms with E-state index in [9.17, 15) is 0 Å². The van der Waals surface area contributed by atoms with Gasteiger partial charge in [-0.3, -0.25) is 0 Å². The van der Waals surface area contributed by atoms with E-state index in [-0.39, 0.29) is 0 Å². The van der Waals surface area contributed by atoms with E-state index in [1.54, 1.807) is 12.2 Å². The highest BCUT2D eigenvalue weighted by atomic mass is 15.2. The van der Waals surface area contributed by atoms with E-state index in [0.29, 0.717) is 5.92 Å². The molecule has 0 bridgehead atoms. The maximum absolute atomic E-state index is 4.03. The molecule has 0 N–H and O–H groups in total. The van der Waals surface area contributed by atoms with Crippen LogP contribution in [0.2, 0.25) is 0 Å². The van der Waals surface area contributed by atoms with Crippen LogP contribution in [-0.2, 0) is 0 Å². The van der Waals surface area contributed by atoms with Crippen molar-refractivity contribution in [2.45, 2.75) is 20.8 Å². The molecule has 0 rings (SSSR count). The molecule has 0 amide bonds. The van der Waals surface area contributed by atoms with Gasteiger partial charge in [-0.05, 0) is 25.0 Å². The maximum Gasteiger partial charge on any atom is 0.0650 e. The largest absolute Gasteiger partial charge is 0.156 e. The summed E-state index contributed by atoms with van der Waals surface area (Å²) >= 11 is 0. The highest BCUT2D eigenvalue weighted by molar-refractivity contribution is 5.97. The van der Waals surface area contributed by atoms with Crippen molar-refractivity contribution in [1.82, 2.24) is 0 Å². The van der Waals surface area contributed by atoms with Gasteiger partial charge in [-0.25, -0.2) is 0 Å². The number of hydrogen-bond acceptors (Lipinski definition) is 2. The lowest BCUT2D eigenvalue weighted by atomic mass is 10.1. The normalized spacial score (nSPS) is 13.3. The molecule has 0 aromatic carbocycles. The average molecular weight is 164 g/mol. The van der Waals surface area contributed by atoms with Gasteiger partial charge < -0.3 is 0 Å². The molecule has 0 fully saturated rings. The molecule has 0 atom stereocenters. The topological polar surface area (TPSA) is 24.7 Å². The molecule has 2 nitrogen and oxygen atoms in total. The maximum atomic E-state index is 4.03. The Morgan fingerprint density at radius 2 is 1.75 bits per heavy atom. The Kier molecular flexibility index (Phi) is 4.93. The minimum atomic E-state index is 0.365. The van der Waals surface area contributed by atoms with E-state index in [1.165, 1.54) is 0 Å². The highest BCUT2D eigenvalue weighted by Crippen LogP contribution is 1.98. The van der Waals surface area contributed by atoms with E-state index >= 15 is 0 Å². The summed E-state index contributed by atoms with van der Waals surface area (Å²) in [5.41, 5.74) is 1.71. The third-order valence-corrected chi connectivity index (χ3v) is 1.42. The van der Waals surface area contributed by atoms with Gasteiger partial charge in [0.1, 0.15) is 0 Å². The van der Waals surface area contributed by atoms with Gasteiger partial charge in [0.05, 0.1) is 11.4 Å². The summed E-state index contributed by atoms with van der Waals surface area (Å²) < 4.78 is 0. The van der Waals surface area contributed by atoms with Crippen molar-refractivity contribution in [2.24, 2.45) is 16.1 Å². The predicted molar refractivity (Wildman–Crippen MR) is 55.8 cm³/mol. The molecule has 0 aromatic rings. The fraction of sp³-hybridized carbons (Fsp3) is 0.400. The Labute approximate surface area is 74.4 Å². The number of rotatable bonds is 4. The van der Waals surface area contributed by atoms with Crippen LogP contribution in [0.25, 0.3) is 0 Å². The van der Waals surface area contributed by atoms with Crippen LogP contribution in [0.5, 0.6) is 0 Å². The minimum absolute atomic E-state index is 0.365. The Morgan fingerprint density at radius 1 is 1.17 bits per heavy atom. The first-order valence-electron chi connectivity index (χ1n) is 3.98. The van der Waals surface area contributed by atoms with Crippen LogP contribution in [0.4, 0.5) is 0 Å². The molecule has 0 aliphatic carbocycles. The van der Waals surface area contributed by atoms with Gasteiger partial charge in [-0.15, -0.1) is 0 Å². The van der Waals surface area contributed by atoms with E-state index < -0.39 is 0 Å². The molecule has 0 unspecified atom stereocenters. The van der Waals surface area contributed by atoms with Gasteiger partial charge in [-0.2, -0.15) is 10.2 Å². The number of allylic oxidation sites excluding steroid dienone is 2. The average Bonchev–Trinajstić information content (AvgIpc) is 2.04. The van der Waals surface area contributed by atoms with Crippen LogP contribution in [0, 0.1) is 5.92 Å². The summed E-state index contributed by atoms with van der Waals surface area (Å²) in [7, 11) is 0. The second kappa shape index (κ2) is 5.47. The van der Waals surface area contributed by atoms with Crippen molar-refractivity contribution in [3.8, 4) is 0 Å². The van der Waals surface area contributed by atoms with Crippen molar-refractivity contribution in [3.63, 3.8) is 0 Å². The highest BCUT2D eigenvalue weighted by Gasteiger charge is 1.98. The van der Waals surface area contributed by atoms with Crippen molar-refractivity contribution in [2.75, 3.05) is 0 Å². The van der Waals surface area contributed by atoms with Crippen molar-refractivity contribution in [3.05, 3.63) is 25.3 Å². The third-order valence-electron chi connectivity index (χ3n) is 1.42. The van der Waals surface area contributed by atoms with Crippen LogP contribution in [-0.4, -0.2) is 11.4 Å². The van der Waals surface area contributed by atoms with Crippen molar-refractivity contribution < 1.29 is 0 Å². The smallest absolute Gasteiger partial charge is 0.0650 e. The lowest BCUT2D eigenvalue weighted by Crippen LogP contribution is -2.02. The van der Waals surface area contributed by atoms with Crippen LogP contribution in [0.1, 0.15) is 20.8 Å². The molecule has 2 heteroatoms. The molecule has 0 heterocycles. The summed E-state index contributed by atoms with van der Waals surface area (Å²) in [6, 6.07) is 0. The van der Waals surface area contributed by atoms with Gasteiger partial charge in [0, 0.05) is 0 Å². The minimum Gasteiger partial charge on any atom is -0.156 e. The van der Waals surface area contributed by atoms with Crippen molar-refractivity contribution in [1.29, 1.82) is 0 Å². The Hall–Kier alpha value is -1.18. The standard InChI is InChI=1S/C10H16N2/c1-6-9(5)11-12-10(7-2)8(3)4/h6-8H,1-2H2,3-5H3/b11-9-,12-10+. The lowest BCUT2D eigenvalue weighted by Gasteiger charge is -2.00. The Morgan fingerprint density at radius 3 is 2.08 bits per heavy atom. The van der Waals surface area contributed by atoms with Crippen molar-refractivity contribution >= 4 is 11.4 Å². The van der Waals surface area contributed by atoms with Gasteiger partial charge in [0.2, 0.25) is 0 Å². The van der Waals surface area contributed by atoms with Crippen LogP contribution < -0.4 is 0 Å². The molecule has 0 spiro atoms. The summed E-state index contributed by atoms with van der Waals surface area (Å²) in [6.45, 7) is 13.2. The zero-order valence-corrected chi connectivity index (χ0v) is 8.04. The van der Waals surface area contributed by atoms with Crippen LogP contribution in [0.3, 0.4) is 0 Å². The van der Waals surface area contributed by atoms with E-state index in [0.717, 1.165) is 11.4 Å². The Bertz CT molecular complexity index is 222. The fourth-order valence-corrected chi connectivity index (χ4v) is 0.569. The molecule has 0 aliphatic rings. The molecule has 12 heavy (non-hydrogen) atoms. The first kappa shape index (κ1) is 10.8.